The molecule has 0 saturated heterocycles. The first-order chi connectivity index (χ1) is 11.9. The van der Waals surface area contributed by atoms with Gasteiger partial charge in [-0.3, -0.25) is 10.1 Å². The first-order valence-electron chi connectivity index (χ1n) is 8.09. The van der Waals surface area contributed by atoms with Gasteiger partial charge in [0.2, 0.25) is 10.0 Å². The zero-order chi connectivity index (χ0) is 19.7. The van der Waals surface area contributed by atoms with E-state index in [2.05, 4.69) is 0 Å². The Morgan fingerprint density at radius 2 is 1.81 bits per heavy atom. The van der Waals surface area contributed by atoms with Gasteiger partial charge in [0.05, 0.1) is 9.67 Å². The summed E-state index contributed by atoms with van der Waals surface area (Å²) in [6, 6.07) is 12.1. The van der Waals surface area contributed by atoms with Crippen LogP contribution in [0.4, 0.5) is 11.4 Å². The van der Waals surface area contributed by atoms with Gasteiger partial charge in [0.15, 0.2) is 0 Å². The van der Waals surface area contributed by atoms with Crippen LogP contribution >= 0.6 is 0 Å². The number of nitrogens with two attached hydrogens (primary N) is 2. The summed E-state index contributed by atoms with van der Waals surface area (Å²) in [4.78, 5) is 10.6. The fourth-order valence-corrected chi connectivity index (χ4v) is 3.50. The summed E-state index contributed by atoms with van der Waals surface area (Å²) in [5, 5.41) is 16.5. The van der Waals surface area contributed by atoms with E-state index in [9.17, 15) is 18.5 Å². The molecule has 26 heavy (non-hydrogen) atoms. The number of nitro benzene ring substituents is 1. The number of benzene rings is 2. The van der Waals surface area contributed by atoms with Crippen molar-refractivity contribution in [3.05, 3.63) is 58.1 Å². The zero-order valence-corrected chi connectivity index (χ0v) is 15.8. The van der Waals surface area contributed by atoms with Crippen LogP contribution in [-0.2, 0) is 10.0 Å². The monoisotopic (exact) mass is 377 g/mol. The van der Waals surface area contributed by atoms with Crippen LogP contribution in [0.15, 0.2) is 42.5 Å². The molecule has 8 heteroatoms. The number of sulfonamides is 1. The van der Waals surface area contributed by atoms with Gasteiger partial charge in [0.25, 0.3) is 5.69 Å². The van der Waals surface area contributed by atoms with E-state index in [1.165, 1.54) is 12.1 Å². The Kier molecular flexibility index (Phi) is 5.39. The highest BCUT2D eigenvalue weighted by atomic mass is 32.2. The average molecular weight is 377 g/mol. The molecule has 0 spiro atoms. The molecule has 140 valence electrons. The normalized spacial score (nSPS) is 13.4. The van der Waals surface area contributed by atoms with E-state index in [4.69, 9.17) is 10.9 Å². The largest absolute Gasteiger partial charge is 0.393 e. The van der Waals surface area contributed by atoms with E-state index in [0.29, 0.717) is 12.0 Å². The van der Waals surface area contributed by atoms with E-state index in [0.717, 1.165) is 11.1 Å². The van der Waals surface area contributed by atoms with Crippen LogP contribution in [0, 0.1) is 10.1 Å². The fraction of sp³-hybridized carbons (Fsp3) is 0.333. The van der Waals surface area contributed by atoms with Crippen molar-refractivity contribution in [2.45, 2.75) is 37.9 Å². The molecular formula is C18H23N3O4S. The second-order valence-electron chi connectivity index (χ2n) is 7.03. The molecule has 7 nitrogen and oxygen atoms in total. The Balaban J connectivity index is 2.49. The van der Waals surface area contributed by atoms with Gasteiger partial charge < -0.3 is 5.73 Å². The molecule has 4 N–H and O–H groups in total. The molecule has 0 unspecified atom stereocenters. The third-order valence-corrected chi connectivity index (χ3v) is 6.30. The molecular weight excluding hydrogens is 354 g/mol. The highest BCUT2D eigenvalue weighted by Gasteiger charge is 2.33. The topological polar surface area (TPSA) is 129 Å². The predicted molar refractivity (Wildman–Crippen MR) is 103 cm³/mol. The standard InChI is InChI=1S/C18H23N3O4S/c1-12(11-18(2,3)26(20,24)25)14-6-4-5-7-15(14)13-8-9-16(19)17(10-13)21(22)23/h4-10,12H,11,19H2,1-3H3,(H2,20,24,25)/t12-/m1/s1. The highest BCUT2D eigenvalue weighted by Crippen LogP contribution is 2.37. The lowest BCUT2D eigenvalue weighted by Crippen LogP contribution is -2.38. The maximum absolute atomic E-state index is 11.8. The molecule has 0 bridgehead atoms. The zero-order valence-electron chi connectivity index (χ0n) is 15.0. The van der Waals surface area contributed by atoms with Crippen molar-refractivity contribution in [2.24, 2.45) is 5.14 Å². The molecule has 0 aliphatic rings. The van der Waals surface area contributed by atoms with Crippen molar-refractivity contribution in [1.29, 1.82) is 0 Å². The molecule has 2 aromatic rings. The van der Waals surface area contributed by atoms with E-state index in [1.54, 1.807) is 19.9 Å². The minimum absolute atomic E-state index is 0.0969. The minimum atomic E-state index is -3.71. The van der Waals surface area contributed by atoms with Crippen molar-refractivity contribution in [2.75, 3.05) is 5.73 Å². The van der Waals surface area contributed by atoms with Gasteiger partial charge in [-0.05, 0) is 48.9 Å². The smallest absolute Gasteiger partial charge is 0.292 e. The van der Waals surface area contributed by atoms with Gasteiger partial charge in [0.1, 0.15) is 5.69 Å². The summed E-state index contributed by atoms with van der Waals surface area (Å²) in [5.41, 5.74) is 7.96. The summed E-state index contributed by atoms with van der Waals surface area (Å²) in [5.74, 6) is -0.129. The second kappa shape index (κ2) is 7.05. The molecule has 0 aliphatic heterocycles. The molecule has 0 radical (unpaired) electrons. The third-order valence-electron chi connectivity index (χ3n) is 4.60. The summed E-state index contributed by atoms with van der Waals surface area (Å²) < 4.78 is 22.6. The maximum atomic E-state index is 11.8. The number of hydrogen-bond acceptors (Lipinski definition) is 5. The fourth-order valence-electron chi connectivity index (χ4n) is 3.02. The SMILES string of the molecule is C[C@H](CC(C)(C)S(N)(=O)=O)c1ccccc1-c1ccc(N)c([N+](=O)[O-])c1. The van der Waals surface area contributed by atoms with Gasteiger partial charge in [-0.25, -0.2) is 13.6 Å². The van der Waals surface area contributed by atoms with E-state index >= 15 is 0 Å². The van der Waals surface area contributed by atoms with Crippen LogP contribution in [0.1, 0.15) is 38.7 Å². The van der Waals surface area contributed by atoms with E-state index < -0.39 is 19.7 Å². The Morgan fingerprint density at radius 1 is 1.19 bits per heavy atom. The van der Waals surface area contributed by atoms with E-state index in [-0.39, 0.29) is 17.3 Å². The van der Waals surface area contributed by atoms with Crippen molar-refractivity contribution < 1.29 is 13.3 Å². The Morgan fingerprint density at radius 3 is 2.38 bits per heavy atom. The number of hydrogen-bond donors (Lipinski definition) is 2. The third kappa shape index (κ3) is 4.03. The molecule has 1 atom stereocenters. The highest BCUT2D eigenvalue weighted by molar-refractivity contribution is 7.90. The van der Waals surface area contributed by atoms with Crippen molar-refractivity contribution in [3.63, 3.8) is 0 Å². The predicted octanol–water partition coefficient (Wildman–Crippen LogP) is 3.40. The lowest BCUT2D eigenvalue weighted by atomic mass is 9.86. The molecule has 0 saturated carbocycles. The average Bonchev–Trinajstić information content (AvgIpc) is 2.53. The van der Waals surface area contributed by atoms with Gasteiger partial charge >= 0.3 is 0 Å². The van der Waals surface area contributed by atoms with Gasteiger partial charge in [-0.15, -0.1) is 0 Å². The molecule has 2 rings (SSSR count). The number of primary sulfonamides is 1. The first kappa shape index (κ1) is 19.9. The number of rotatable bonds is 6. The van der Waals surface area contributed by atoms with Crippen molar-refractivity contribution in [3.8, 4) is 11.1 Å². The van der Waals surface area contributed by atoms with Crippen LogP contribution in [0.2, 0.25) is 0 Å². The quantitative estimate of drug-likeness (QED) is 0.453. The van der Waals surface area contributed by atoms with Crippen molar-refractivity contribution >= 4 is 21.4 Å². The first-order valence-corrected chi connectivity index (χ1v) is 9.64. The van der Waals surface area contributed by atoms with E-state index in [1.807, 2.05) is 31.2 Å². The summed E-state index contributed by atoms with van der Waals surface area (Å²) in [6.45, 7) is 5.10. The van der Waals surface area contributed by atoms with Crippen LogP contribution in [-0.4, -0.2) is 18.1 Å². The molecule has 2 aromatic carbocycles. The molecule has 0 amide bonds. The summed E-state index contributed by atoms with van der Waals surface area (Å²) >= 11 is 0. The minimum Gasteiger partial charge on any atom is -0.393 e. The van der Waals surface area contributed by atoms with Crippen molar-refractivity contribution in [1.82, 2.24) is 0 Å². The lowest BCUT2D eigenvalue weighted by Gasteiger charge is -2.27. The summed E-state index contributed by atoms with van der Waals surface area (Å²) in [7, 11) is -3.71. The number of nitrogens with zero attached hydrogens (tertiary/aromatic N) is 1. The lowest BCUT2D eigenvalue weighted by molar-refractivity contribution is -0.383. The van der Waals surface area contributed by atoms with Crippen LogP contribution < -0.4 is 10.9 Å². The Bertz CT molecular complexity index is 939. The van der Waals surface area contributed by atoms with Crippen LogP contribution in [0.25, 0.3) is 11.1 Å². The maximum Gasteiger partial charge on any atom is 0.292 e. The molecule has 0 heterocycles. The molecule has 0 aliphatic carbocycles. The number of nitro groups is 1. The van der Waals surface area contributed by atoms with Crippen LogP contribution in [0.5, 0.6) is 0 Å². The van der Waals surface area contributed by atoms with Gasteiger partial charge in [-0.2, -0.15) is 0 Å². The van der Waals surface area contributed by atoms with Gasteiger partial charge in [-0.1, -0.05) is 37.3 Å². The number of nitrogen functional groups attached to an aromatic ring is 1. The van der Waals surface area contributed by atoms with Crippen LogP contribution in [0.3, 0.4) is 0 Å². The Hall–Kier alpha value is -2.45. The Labute approximate surface area is 153 Å². The molecule has 0 fully saturated rings. The summed E-state index contributed by atoms with van der Waals surface area (Å²) in [6.07, 6.45) is 0.319. The molecule has 0 aromatic heterocycles. The second-order valence-corrected chi connectivity index (χ2v) is 9.22. The number of anilines is 1. The van der Waals surface area contributed by atoms with Gasteiger partial charge in [0, 0.05) is 6.07 Å².